The summed E-state index contributed by atoms with van der Waals surface area (Å²) < 4.78 is 6.80. The van der Waals surface area contributed by atoms with Gasteiger partial charge in [0.25, 0.3) is 5.91 Å². The van der Waals surface area contributed by atoms with Gasteiger partial charge in [0.2, 0.25) is 0 Å². The number of Topliss-reactive ketones (excluding diaryl/α,β-unsaturated/α-hetero) is 1. The monoisotopic (exact) mass is 402 g/mol. The third-order valence-electron chi connectivity index (χ3n) is 4.81. The molecule has 0 aliphatic rings. The van der Waals surface area contributed by atoms with Gasteiger partial charge in [0, 0.05) is 24.8 Å². The molecule has 2 rings (SSSR count). The fourth-order valence-electron chi connectivity index (χ4n) is 3.28. The van der Waals surface area contributed by atoms with Crippen LogP contribution in [-0.2, 0) is 11.8 Å². The Bertz CT molecular complexity index is 896. The third kappa shape index (κ3) is 3.94. The van der Waals surface area contributed by atoms with E-state index in [0.29, 0.717) is 27.4 Å². The molecule has 7 heteroatoms. The van der Waals surface area contributed by atoms with Gasteiger partial charge in [0.15, 0.2) is 5.78 Å². The third-order valence-corrected chi connectivity index (χ3v) is 5.67. The number of hydrogen-bond acceptors (Lipinski definition) is 5. The second-order valence-corrected chi connectivity index (χ2v) is 7.42. The number of carbonyl (C=O) groups excluding carboxylic acids is 3. The van der Waals surface area contributed by atoms with Gasteiger partial charge in [-0.2, -0.15) is 0 Å². The highest BCUT2D eigenvalue weighted by Crippen LogP contribution is 2.25. The van der Waals surface area contributed by atoms with Crippen molar-refractivity contribution < 1.29 is 19.1 Å². The summed E-state index contributed by atoms with van der Waals surface area (Å²) in [5, 5.41) is 1.82. The van der Waals surface area contributed by atoms with Crippen LogP contribution < -0.4 is 0 Å². The number of esters is 1. The van der Waals surface area contributed by atoms with Gasteiger partial charge < -0.3 is 14.2 Å². The molecule has 28 heavy (non-hydrogen) atoms. The largest absolute Gasteiger partial charge is 0.461 e. The van der Waals surface area contributed by atoms with E-state index < -0.39 is 12.0 Å². The molecule has 0 aliphatic heterocycles. The first-order valence-electron chi connectivity index (χ1n) is 9.08. The molecule has 0 fully saturated rings. The van der Waals surface area contributed by atoms with Gasteiger partial charge in [0.1, 0.15) is 5.69 Å². The summed E-state index contributed by atoms with van der Waals surface area (Å²) in [4.78, 5) is 40.6. The van der Waals surface area contributed by atoms with E-state index in [-0.39, 0.29) is 24.8 Å². The topological polar surface area (TPSA) is 68.6 Å². The molecule has 0 aliphatic carbocycles. The number of hydrogen-bond donors (Lipinski definition) is 0. The van der Waals surface area contributed by atoms with Crippen LogP contribution in [0.4, 0.5) is 0 Å². The minimum atomic E-state index is -0.706. The van der Waals surface area contributed by atoms with Crippen LogP contribution in [-0.4, -0.2) is 46.3 Å². The number of ketones is 1. The predicted octanol–water partition coefficient (Wildman–Crippen LogP) is 3.78. The lowest BCUT2D eigenvalue weighted by Gasteiger charge is -2.27. The van der Waals surface area contributed by atoms with Crippen LogP contribution in [0.2, 0.25) is 0 Å². The molecule has 1 amide bonds. The summed E-state index contributed by atoms with van der Waals surface area (Å²) in [5.41, 5.74) is 2.04. The van der Waals surface area contributed by atoms with Crippen molar-refractivity contribution in [2.75, 3.05) is 13.2 Å². The van der Waals surface area contributed by atoms with Crippen LogP contribution in [0.3, 0.4) is 0 Å². The highest BCUT2D eigenvalue weighted by molar-refractivity contribution is 7.12. The molecule has 0 saturated heterocycles. The first kappa shape index (κ1) is 21.6. The van der Waals surface area contributed by atoms with Gasteiger partial charge in [-0.05, 0) is 44.7 Å². The maximum Gasteiger partial charge on any atom is 0.355 e. The second-order valence-electron chi connectivity index (χ2n) is 6.48. The summed E-state index contributed by atoms with van der Waals surface area (Å²) in [5.74, 6) is -0.893. The number of carbonyl (C=O) groups is 3. The molecular weight excluding hydrogens is 376 g/mol. The Balaban J connectivity index is 2.43. The molecule has 1 unspecified atom stereocenters. The first-order valence-corrected chi connectivity index (χ1v) is 9.96. The zero-order valence-electron chi connectivity index (χ0n) is 16.9. The van der Waals surface area contributed by atoms with Crippen molar-refractivity contribution in [3.8, 4) is 0 Å². The van der Waals surface area contributed by atoms with Crippen molar-refractivity contribution in [2.45, 2.75) is 33.7 Å². The van der Waals surface area contributed by atoms with Crippen molar-refractivity contribution in [1.29, 1.82) is 0 Å². The van der Waals surface area contributed by atoms with Crippen LogP contribution in [0, 0.1) is 13.8 Å². The Morgan fingerprint density at radius 3 is 2.57 bits per heavy atom. The van der Waals surface area contributed by atoms with Crippen LogP contribution in [0.15, 0.2) is 30.2 Å². The Hall–Kier alpha value is -2.67. The molecule has 2 heterocycles. The Morgan fingerprint density at radius 2 is 2.04 bits per heavy atom. The van der Waals surface area contributed by atoms with Crippen molar-refractivity contribution in [1.82, 2.24) is 9.47 Å². The Labute approximate surface area is 169 Å². The molecule has 2 aromatic rings. The minimum Gasteiger partial charge on any atom is -0.461 e. The summed E-state index contributed by atoms with van der Waals surface area (Å²) >= 11 is 1.33. The maximum atomic E-state index is 13.3. The van der Waals surface area contributed by atoms with Crippen LogP contribution in [0.25, 0.3) is 0 Å². The van der Waals surface area contributed by atoms with Crippen molar-refractivity contribution in [2.24, 2.45) is 7.05 Å². The number of rotatable bonds is 8. The minimum absolute atomic E-state index is 0.215. The van der Waals surface area contributed by atoms with E-state index in [9.17, 15) is 14.4 Å². The Morgan fingerprint density at radius 1 is 1.36 bits per heavy atom. The zero-order chi connectivity index (χ0) is 21.0. The normalized spacial score (nSPS) is 11.8. The van der Waals surface area contributed by atoms with E-state index in [4.69, 9.17) is 4.74 Å². The molecule has 0 saturated carbocycles. The Kier molecular flexibility index (Phi) is 6.96. The highest BCUT2D eigenvalue weighted by atomic mass is 32.1. The van der Waals surface area contributed by atoms with Gasteiger partial charge in [-0.25, -0.2) is 4.79 Å². The second kappa shape index (κ2) is 9.01. The average molecular weight is 403 g/mol. The lowest BCUT2D eigenvalue weighted by atomic mass is 9.99. The smallest absolute Gasteiger partial charge is 0.355 e. The van der Waals surface area contributed by atoms with E-state index in [0.717, 1.165) is 0 Å². The van der Waals surface area contributed by atoms with E-state index in [2.05, 4.69) is 6.58 Å². The van der Waals surface area contributed by atoms with Crippen LogP contribution in [0.5, 0.6) is 0 Å². The lowest BCUT2D eigenvalue weighted by molar-refractivity contribution is 0.0513. The van der Waals surface area contributed by atoms with Gasteiger partial charge >= 0.3 is 5.97 Å². The fraction of sp³-hybridized carbons (Fsp3) is 0.381. The van der Waals surface area contributed by atoms with Crippen molar-refractivity contribution in [3.63, 3.8) is 0 Å². The van der Waals surface area contributed by atoms with Gasteiger partial charge in [-0.15, -0.1) is 17.9 Å². The van der Waals surface area contributed by atoms with E-state index in [1.165, 1.54) is 16.2 Å². The number of nitrogens with zero attached hydrogens (tertiary/aromatic N) is 2. The van der Waals surface area contributed by atoms with Crippen molar-refractivity contribution >= 4 is 29.0 Å². The van der Waals surface area contributed by atoms with E-state index in [1.807, 2.05) is 5.38 Å². The highest BCUT2D eigenvalue weighted by Gasteiger charge is 2.32. The van der Waals surface area contributed by atoms with Gasteiger partial charge in [-0.1, -0.05) is 12.1 Å². The number of thiophene rings is 1. The standard InChI is InChI=1S/C21H26N2O4S/c1-7-11-23(20(25)16-10-9-12-28-16)15(5)19(24)17-13(3)18(21(26)27-8-2)22(6)14(17)4/h7,9-10,12,15H,1,8,11H2,2-6H3. The molecule has 6 nitrogen and oxygen atoms in total. The summed E-state index contributed by atoms with van der Waals surface area (Å²) in [7, 11) is 1.73. The van der Waals surface area contributed by atoms with Gasteiger partial charge in [0.05, 0.1) is 17.5 Å². The summed E-state index contributed by atoms with van der Waals surface area (Å²) in [6.07, 6.45) is 1.60. The van der Waals surface area contributed by atoms with Crippen molar-refractivity contribution in [3.05, 3.63) is 57.6 Å². The molecule has 2 aromatic heterocycles. The fourth-order valence-corrected chi connectivity index (χ4v) is 3.96. The molecule has 1 atom stereocenters. The van der Waals surface area contributed by atoms with Gasteiger partial charge in [-0.3, -0.25) is 9.59 Å². The molecule has 0 N–H and O–H groups in total. The summed E-state index contributed by atoms with van der Waals surface area (Å²) in [6.45, 7) is 11.2. The first-order chi connectivity index (χ1) is 13.3. The predicted molar refractivity (Wildman–Crippen MR) is 110 cm³/mol. The molecule has 0 bridgehead atoms. The molecule has 150 valence electrons. The molecule has 0 aromatic carbocycles. The zero-order valence-corrected chi connectivity index (χ0v) is 17.8. The van der Waals surface area contributed by atoms with E-state index >= 15 is 0 Å². The summed E-state index contributed by atoms with van der Waals surface area (Å²) in [6, 6.07) is 2.83. The number of aromatic nitrogens is 1. The maximum absolute atomic E-state index is 13.3. The quantitative estimate of drug-likeness (QED) is 0.383. The molecular formula is C21H26N2O4S. The van der Waals surface area contributed by atoms with Crippen LogP contribution in [0.1, 0.15) is 55.6 Å². The van der Waals surface area contributed by atoms with E-state index in [1.54, 1.807) is 57.5 Å². The van der Waals surface area contributed by atoms with Crippen LogP contribution >= 0.6 is 11.3 Å². The number of amides is 1. The average Bonchev–Trinajstić information content (AvgIpc) is 3.26. The number of ether oxygens (including phenoxy) is 1. The lowest BCUT2D eigenvalue weighted by Crippen LogP contribution is -2.43. The molecule has 0 radical (unpaired) electrons. The molecule has 0 spiro atoms. The SMILES string of the molecule is C=CCN(C(=O)c1cccs1)C(C)C(=O)c1c(C)c(C(=O)OCC)n(C)c1C.